The molecule has 3 rings (SSSR count). The third kappa shape index (κ3) is 2.98. The highest BCUT2D eigenvalue weighted by Crippen LogP contribution is 2.38. The lowest BCUT2D eigenvalue weighted by molar-refractivity contribution is 0.423. The zero-order valence-corrected chi connectivity index (χ0v) is 14.3. The van der Waals surface area contributed by atoms with E-state index in [1.54, 1.807) is 18.2 Å². The van der Waals surface area contributed by atoms with Crippen LogP contribution in [-0.4, -0.2) is 13.6 Å². The monoisotopic (exact) mass is 342 g/mol. The summed E-state index contributed by atoms with van der Waals surface area (Å²) in [6, 6.07) is 14.5. The van der Waals surface area contributed by atoms with E-state index in [4.69, 9.17) is 9.66 Å². The van der Waals surface area contributed by atoms with E-state index in [-0.39, 0.29) is 4.90 Å². The first-order valence-electron chi connectivity index (χ1n) is 7.59. The molecule has 0 fully saturated rings. The summed E-state index contributed by atoms with van der Waals surface area (Å²) in [5.41, 5.74) is 4.06. The van der Waals surface area contributed by atoms with Crippen LogP contribution in [-0.2, 0) is 16.4 Å². The van der Waals surface area contributed by atoms with Crippen LogP contribution in [0.15, 0.2) is 57.9 Å². The first-order chi connectivity index (χ1) is 11.4. The summed E-state index contributed by atoms with van der Waals surface area (Å²) in [7, 11) is -3.87. The van der Waals surface area contributed by atoms with Gasteiger partial charge in [-0.2, -0.15) is 0 Å². The smallest absolute Gasteiger partial charge is 0.238 e. The molecule has 0 unspecified atom stereocenters. The molecular weight excluding hydrogens is 324 g/mol. The van der Waals surface area contributed by atoms with Gasteiger partial charge in [-0.05, 0) is 31.0 Å². The molecule has 124 valence electrons. The quantitative estimate of drug-likeness (QED) is 0.786. The number of hydrogen-bond acceptors (Lipinski definition) is 4. The van der Waals surface area contributed by atoms with E-state index in [9.17, 15) is 8.42 Å². The van der Waals surface area contributed by atoms with Gasteiger partial charge in [0.25, 0.3) is 0 Å². The average Bonchev–Trinajstić information content (AvgIpc) is 2.98. The lowest BCUT2D eigenvalue weighted by atomic mass is 9.98. The van der Waals surface area contributed by atoms with Crippen molar-refractivity contribution in [2.45, 2.75) is 25.2 Å². The first-order valence-corrected chi connectivity index (χ1v) is 9.14. The SMILES string of the molecule is CCc1noc(-c2ccccc2S(N)(=O)=O)c1-c1ccc(C)cc1. The Balaban J connectivity index is 2.28. The second-order valence-corrected chi connectivity index (χ2v) is 7.12. The molecule has 0 atom stereocenters. The van der Waals surface area contributed by atoms with E-state index in [0.29, 0.717) is 17.7 Å². The molecule has 24 heavy (non-hydrogen) atoms. The molecule has 2 aromatic carbocycles. The molecular formula is C18H18N2O3S. The summed E-state index contributed by atoms with van der Waals surface area (Å²) >= 11 is 0. The lowest BCUT2D eigenvalue weighted by Crippen LogP contribution is -2.13. The van der Waals surface area contributed by atoms with Crippen LogP contribution in [0.1, 0.15) is 18.2 Å². The van der Waals surface area contributed by atoms with Crippen molar-refractivity contribution in [3.63, 3.8) is 0 Å². The van der Waals surface area contributed by atoms with Crippen molar-refractivity contribution in [3.8, 4) is 22.5 Å². The van der Waals surface area contributed by atoms with Crippen LogP contribution in [0.3, 0.4) is 0 Å². The fourth-order valence-corrected chi connectivity index (χ4v) is 3.40. The van der Waals surface area contributed by atoms with Gasteiger partial charge >= 0.3 is 0 Å². The van der Waals surface area contributed by atoms with E-state index >= 15 is 0 Å². The molecule has 0 saturated heterocycles. The number of nitrogens with zero attached hydrogens (tertiary/aromatic N) is 1. The van der Waals surface area contributed by atoms with Gasteiger partial charge in [-0.1, -0.05) is 54.0 Å². The Labute approximate surface area is 141 Å². The summed E-state index contributed by atoms with van der Waals surface area (Å²) in [5, 5.41) is 9.48. The van der Waals surface area contributed by atoms with Crippen molar-refractivity contribution in [3.05, 3.63) is 59.8 Å². The highest BCUT2D eigenvalue weighted by atomic mass is 32.2. The van der Waals surface area contributed by atoms with Crippen molar-refractivity contribution in [1.29, 1.82) is 0 Å². The number of aryl methyl sites for hydroxylation is 2. The van der Waals surface area contributed by atoms with Crippen molar-refractivity contribution in [2.75, 3.05) is 0 Å². The predicted molar refractivity (Wildman–Crippen MR) is 92.9 cm³/mol. The van der Waals surface area contributed by atoms with Crippen LogP contribution in [0.4, 0.5) is 0 Å². The number of benzene rings is 2. The summed E-state index contributed by atoms with van der Waals surface area (Å²) in [4.78, 5) is 0.0252. The average molecular weight is 342 g/mol. The van der Waals surface area contributed by atoms with Crippen molar-refractivity contribution in [1.82, 2.24) is 5.16 Å². The van der Waals surface area contributed by atoms with Gasteiger partial charge in [0, 0.05) is 5.56 Å². The molecule has 0 aliphatic carbocycles. The van der Waals surface area contributed by atoms with Gasteiger partial charge in [0.2, 0.25) is 10.0 Å². The highest BCUT2D eigenvalue weighted by Gasteiger charge is 2.23. The molecule has 5 nitrogen and oxygen atoms in total. The van der Waals surface area contributed by atoms with Gasteiger partial charge in [-0.3, -0.25) is 0 Å². The largest absolute Gasteiger partial charge is 0.355 e. The standard InChI is InChI=1S/C18H18N2O3S/c1-3-15-17(13-10-8-12(2)9-11-13)18(23-20-15)14-6-4-5-7-16(14)24(19,21)22/h4-11H,3H2,1-2H3,(H2,19,21,22). The van der Waals surface area contributed by atoms with Crippen molar-refractivity contribution >= 4 is 10.0 Å². The Hall–Kier alpha value is -2.44. The Kier molecular flexibility index (Phi) is 4.26. The highest BCUT2D eigenvalue weighted by molar-refractivity contribution is 7.89. The second-order valence-electron chi connectivity index (χ2n) is 5.59. The maximum atomic E-state index is 11.9. The molecule has 0 saturated carbocycles. The maximum absolute atomic E-state index is 11.9. The van der Waals surface area contributed by atoms with Gasteiger partial charge in [0.05, 0.1) is 16.2 Å². The predicted octanol–water partition coefficient (Wildman–Crippen LogP) is 3.53. The number of aromatic nitrogens is 1. The molecule has 6 heteroatoms. The van der Waals surface area contributed by atoms with Crippen LogP contribution < -0.4 is 5.14 Å². The molecule has 0 bridgehead atoms. The summed E-state index contributed by atoms with van der Waals surface area (Å²) in [6.07, 6.45) is 0.671. The minimum absolute atomic E-state index is 0.0252. The fraction of sp³-hybridized carbons (Fsp3) is 0.167. The molecule has 1 aromatic heterocycles. The third-order valence-electron chi connectivity index (χ3n) is 3.88. The number of hydrogen-bond donors (Lipinski definition) is 1. The third-order valence-corrected chi connectivity index (χ3v) is 4.85. The summed E-state index contributed by atoms with van der Waals surface area (Å²) in [6.45, 7) is 3.99. The first kappa shape index (κ1) is 16.4. The molecule has 0 aliphatic rings. The second kappa shape index (κ2) is 6.22. The van der Waals surface area contributed by atoms with Crippen LogP contribution in [0, 0.1) is 6.92 Å². The minimum Gasteiger partial charge on any atom is -0.355 e. The minimum atomic E-state index is -3.87. The van der Waals surface area contributed by atoms with Crippen molar-refractivity contribution in [2.24, 2.45) is 5.14 Å². The van der Waals surface area contributed by atoms with Gasteiger partial charge in [0.15, 0.2) is 5.76 Å². The molecule has 0 radical (unpaired) electrons. The molecule has 0 spiro atoms. The van der Waals surface area contributed by atoms with Crippen LogP contribution >= 0.6 is 0 Å². The Bertz CT molecular complexity index is 974. The van der Waals surface area contributed by atoms with Crippen LogP contribution in [0.5, 0.6) is 0 Å². The van der Waals surface area contributed by atoms with E-state index in [0.717, 1.165) is 22.4 Å². The zero-order chi connectivity index (χ0) is 17.3. The fourth-order valence-electron chi connectivity index (χ4n) is 2.67. The molecule has 0 amide bonds. The number of primary sulfonamides is 1. The number of sulfonamides is 1. The number of nitrogens with two attached hydrogens (primary N) is 1. The van der Waals surface area contributed by atoms with Gasteiger partial charge in [-0.15, -0.1) is 0 Å². The van der Waals surface area contributed by atoms with E-state index < -0.39 is 10.0 Å². The Morgan fingerprint density at radius 1 is 1.08 bits per heavy atom. The lowest BCUT2D eigenvalue weighted by Gasteiger charge is -2.08. The van der Waals surface area contributed by atoms with E-state index in [1.165, 1.54) is 6.07 Å². The number of rotatable bonds is 4. The van der Waals surface area contributed by atoms with Gasteiger partial charge in [0.1, 0.15) is 0 Å². The molecule has 0 aliphatic heterocycles. The van der Waals surface area contributed by atoms with E-state index in [1.807, 2.05) is 38.1 Å². The van der Waals surface area contributed by atoms with Gasteiger partial charge in [-0.25, -0.2) is 13.6 Å². The van der Waals surface area contributed by atoms with Gasteiger partial charge < -0.3 is 4.52 Å². The Morgan fingerprint density at radius 2 is 1.75 bits per heavy atom. The molecule has 1 heterocycles. The summed E-state index contributed by atoms with van der Waals surface area (Å²) < 4.78 is 29.3. The van der Waals surface area contributed by atoms with E-state index in [2.05, 4.69) is 5.16 Å². The molecule has 2 N–H and O–H groups in total. The van der Waals surface area contributed by atoms with Crippen molar-refractivity contribution < 1.29 is 12.9 Å². The maximum Gasteiger partial charge on any atom is 0.238 e. The normalized spacial score (nSPS) is 11.6. The van der Waals surface area contributed by atoms with Crippen LogP contribution in [0.2, 0.25) is 0 Å². The Morgan fingerprint density at radius 3 is 2.38 bits per heavy atom. The topological polar surface area (TPSA) is 86.2 Å². The summed E-state index contributed by atoms with van der Waals surface area (Å²) in [5.74, 6) is 0.417. The zero-order valence-electron chi connectivity index (χ0n) is 13.5. The van der Waals surface area contributed by atoms with Crippen LogP contribution in [0.25, 0.3) is 22.5 Å². The molecule has 3 aromatic rings.